The summed E-state index contributed by atoms with van der Waals surface area (Å²) in [6.07, 6.45) is 6.98. The van der Waals surface area contributed by atoms with E-state index in [0.29, 0.717) is 18.0 Å². The number of rotatable bonds is 6. The van der Waals surface area contributed by atoms with Crippen molar-refractivity contribution in [2.24, 2.45) is 11.8 Å². The molecule has 6 atom stereocenters. The molecule has 1 N–H and O–H groups in total. The maximum atomic E-state index is 4.13. The van der Waals surface area contributed by atoms with Gasteiger partial charge in [-0.15, -0.1) is 0 Å². The van der Waals surface area contributed by atoms with Crippen LogP contribution in [0.25, 0.3) is 0 Å². The molecule has 0 spiro atoms. The molecule has 0 aromatic heterocycles. The van der Waals surface area contributed by atoms with E-state index in [9.17, 15) is 0 Å². The lowest BCUT2D eigenvalue weighted by molar-refractivity contribution is -0.0981. The lowest BCUT2D eigenvalue weighted by Gasteiger charge is -2.62. The molecule has 3 saturated heterocycles. The highest BCUT2D eigenvalue weighted by Gasteiger charge is 2.54. The number of hydrogen-bond acceptors (Lipinski definition) is 2. The van der Waals surface area contributed by atoms with Gasteiger partial charge in [-0.2, -0.15) is 0 Å². The van der Waals surface area contributed by atoms with Gasteiger partial charge in [0.2, 0.25) is 0 Å². The molecule has 2 heteroatoms. The van der Waals surface area contributed by atoms with Gasteiger partial charge in [0.15, 0.2) is 0 Å². The zero-order valence-electron chi connectivity index (χ0n) is 19.5. The number of nitrogens with one attached hydrogen (secondary N) is 1. The molecule has 1 aliphatic carbocycles. The summed E-state index contributed by atoms with van der Waals surface area (Å²) in [6.45, 7) is 2.22. The first-order valence-electron chi connectivity index (χ1n) is 13.0. The lowest BCUT2D eigenvalue weighted by atomic mass is 9.60. The second kappa shape index (κ2) is 9.44. The summed E-state index contributed by atoms with van der Waals surface area (Å²) in [5.74, 6) is 2.04. The first kappa shape index (κ1) is 21.1. The molecule has 2 nitrogen and oxygen atoms in total. The number of fused-ring (bicyclic) bond motifs is 2. The minimum absolute atomic E-state index is 0.395. The standard InChI is InChI=1S/C31H36N2/c1-4-12-23(13-5-1)22-32-30-27-20-21-33(28-19-11-10-18-26(27)28)31(30)29(24-14-6-2-7-15-24)25-16-8-3-9-17-25/h1-9,12-17,26-32H,10-11,18-22H2/t26?,27?,28?,30?,31-/m1/s1. The molecule has 3 aliphatic heterocycles. The highest BCUT2D eigenvalue weighted by molar-refractivity contribution is 5.36. The van der Waals surface area contributed by atoms with E-state index in [-0.39, 0.29) is 0 Å². The molecular formula is C31H36N2. The molecule has 5 unspecified atom stereocenters. The van der Waals surface area contributed by atoms with Gasteiger partial charge in [-0.3, -0.25) is 4.90 Å². The van der Waals surface area contributed by atoms with E-state index in [1.54, 1.807) is 0 Å². The molecule has 0 amide bonds. The van der Waals surface area contributed by atoms with Gasteiger partial charge in [0.1, 0.15) is 0 Å². The Morgan fingerprint density at radius 2 is 1.30 bits per heavy atom. The second-order valence-electron chi connectivity index (χ2n) is 10.4. The fourth-order valence-electron chi connectivity index (χ4n) is 7.41. The van der Waals surface area contributed by atoms with Gasteiger partial charge in [-0.1, -0.05) is 104 Å². The largest absolute Gasteiger partial charge is 0.308 e. The zero-order chi connectivity index (χ0) is 22.0. The Labute approximate surface area is 199 Å². The predicted octanol–water partition coefficient (Wildman–Crippen LogP) is 6.24. The Hall–Kier alpha value is -2.42. The average molecular weight is 437 g/mol. The van der Waals surface area contributed by atoms with Crippen LogP contribution in [-0.2, 0) is 6.54 Å². The first-order valence-corrected chi connectivity index (χ1v) is 13.0. The Balaban J connectivity index is 1.41. The molecule has 4 fully saturated rings. The van der Waals surface area contributed by atoms with Crippen molar-refractivity contribution in [3.05, 3.63) is 108 Å². The third kappa shape index (κ3) is 4.05. The molecule has 2 bridgehead atoms. The lowest BCUT2D eigenvalue weighted by Crippen LogP contribution is -2.71. The summed E-state index contributed by atoms with van der Waals surface area (Å²) in [5, 5.41) is 4.13. The van der Waals surface area contributed by atoms with E-state index in [0.717, 1.165) is 24.4 Å². The van der Waals surface area contributed by atoms with Gasteiger partial charge in [0.25, 0.3) is 0 Å². The van der Waals surface area contributed by atoms with E-state index in [1.807, 2.05) is 0 Å². The van der Waals surface area contributed by atoms with Crippen molar-refractivity contribution in [2.45, 2.75) is 62.7 Å². The van der Waals surface area contributed by atoms with Gasteiger partial charge in [-0.25, -0.2) is 0 Å². The molecule has 7 rings (SSSR count). The molecular weight excluding hydrogens is 400 g/mol. The Bertz CT molecular complexity index is 979. The number of hydrogen-bond donors (Lipinski definition) is 1. The van der Waals surface area contributed by atoms with E-state index in [4.69, 9.17) is 0 Å². The van der Waals surface area contributed by atoms with Crippen molar-refractivity contribution in [2.75, 3.05) is 6.54 Å². The molecule has 3 aromatic carbocycles. The maximum absolute atomic E-state index is 4.13. The van der Waals surface area contributed by atoms with Gasteiger partial charge < -0.3 is 5.32 Å². The van der Waals surface area contributed by atoms with Crippen LogP contribution < -0.4 is 5.32 Å². The topological polar surface area (TPSA) is 15.3 Å². The van der Waals surface area contributed by atoms with Crippen molar-refractivity contribution in [3.63, 3.8) is 0 Å². The highest BCUT2D eigenvalue weighted by Crippen LogP contribution is 2.51. The van der Waals surface area contributed by atoms with Gasteiger partial charge >= 0.3 is 0 Å². The molecule has 0 radical (unpaired) electrons. The summed E-state index contributed by atoms with van der Waals surface area (Å²) in [4.78, 5) is 2.96. The quantitative estimate of drug-likeness (QED) is 0.492. The minimum atomic E-state index is 0.395. The zero-order valence-corrected chi connectivity index (χ0v) is 19.5. The first-order chi connectivity index (χ1) is 16.4. The van der Waals surface area contributed by atoms with Crippen LogP contribution in [0.1, 0.15) is 54.7 Å². The van der Waals surface area contributed by atoms with Gasteiger partial charge in [0, 0.05) is 30.6 Å². The molecule has 4 aliphatic rings. The Morgan fingerprint density at radius 3 is 1.97 bits per heavy atom. The third-order valence-corrected chi connectivity index (χ3v) is 8.73. The third-order valence-electron chi connectivity index (χ3n) is 8.73. The number of nitrogens with zero attached hydrogens (tertiary/aromatic N) is 1. The second-order valence-corrected chi connectivity index (χ2v) is 10.4. The average Bonchev–Trinajstić information content (AvgIpc) is 2.90. The van der Waals surface area contributed by atoms with Crippen LogP contribution in [0.4, 0.5) is 0 Å². The van der Waals surface area contributed by atoms with E-state index >= 15 is 0 Å². The van der Waals surface area contributed by atoms with Crippen LogP contribution >= 0.6 is 0 Å². The monoisotopic (exact) mass is 436 g/mol. The van der Waals surface area contributed by atoms with E-state index in [1.165, 1.54) is 55.3 Å². The van der Waals surface area contributed by atoms with Crippen molar-refractivity contribution in [3.8, 4) is 0 Å². The summed E-state index contributed by atoms with van der Waals surface area (Å²) in [7, 11) is 0. The molecule has 1 saturated carbocycles. The molecule has 33 heavy (non-hydrogen) atoms. The van der Waals surface area contributed by atoms with Gasteiger partial charge in [0.05, 0.1) is 0 Å². The van der Waals surface area contributed by atoms with Crippen molar-refractivity contribution in [1.29, 1.82) is 0 Å². The Morgan fingerprint density at radius 1 is 0.697 bits per heavy atom. The van der Waals surface area contributed by atoms with Crippen LogP contribution in [-0.4, -0.2) is 29.6 Å². The molecule has 170 valence electrons. The van der Waals surface area contributed by atoms with Crippen molar-refractivity contribution < 1.29 is 0 Å². The summed E-state index contributed by atoms with van der Waals surface area (Å²) >= 11 is 0. The predicted molar refractivity (Wildman–Crippen MR) is 136 cm³/mol. The molecule has 3 aromatic rings. The summed E-state index contributed by atoms with van der Waals surface area (Å²) < 4.78 is 0. The molecule has 3 heterocycles. The fraction of sp³-hybridized carbons (Fsp3) is 0.419. The van der Waals surface area contributed by atoms with Gasteiger partial charge in [-0.05, 0) is 54.3 Å². The Kier molecular flexibility index (Phi) is 6.05. The van der Waals surface area contributed by atoms with Crippen LogP contribution in [0.3, 0.4) is 0 Å². The summed E-state index contributed by atoms with van der Waals surface area (Å²) in [6, 6.07) is 35.4. The van der Waals surface area contributed by atoms with Crippen molar-refractivity contribution >= 4 is 0 Å². The van der Waals surface area contributed by atoms with E-state index in [2.05, 4.69) is 101 Å². The number of piperidine rings is 3. The fourth-order valence-corrected chi connectivity index (χ4v) is 7.41. The van der Waals surface area contributed by atoms with Crippen LogP contribution in [0.15, 0.2) is 91.0 Å². The van der Waals surface area contributed by atoms with Crippen molar-refractivity contribution in [1.82, 2.24) is 10.2 Å². The normalized spacial score (nSPS) is 30.8. The maximum Gasteiger partial charge on any atom is 0.0364 e. The SMILES string of the molecule is c1ccc(CNC2C3CCN(C4CCCCC34)[C@@H]2C(c2ccccc2)c2ccccc2)cc1. The number of benzene rings is 3. The highest BCUT2D eigenvalue weighted by atomic mass is 15.3. The smallest absolute Gasteiger partial charge is 0.0364 e. The van der Waals surface area contributed by atoms with Crippen LogP contribution in [0, 0.1) is 11.8 Å². The van der Waals surface area contributed by atoms with E-state index < -0.39 is 0 Å². The minimum Gasteiger partial charge on any atom is -0.308 e. The van der Waals surface area contributed by atoms with Crippen LogP contribution in [0.2, 0.25) is 0 Å². The van der Waals surface area contributed by atoms with Crippen LogP contribution in [0.5, 0.6) is 0 Å². The summed E-state index contributed by atoms with van der Waals surface area (Å²) in [5.41, 5.74) is 4.31.